The summed E-state index contributed by atoms with van der Waals surface area (Å²) in [6.07, 6.45) is 4.23. The molecule has 1 aliphatic heterocycles. The number of aliphatic hydroxyl groups is 1. The van der Waals surface area contributed by atoms with Crippen LogP contribution in [0.4, 0.5) is 5.69 Å². The van der Waals surface area contributed by atoms with Crippen LogP contribution in [0.5, 0.6) is 5.75 Å². The molecule has 0 radical (unpaired) electrons. The van der Waals surface area contributed by atoms with Gasteiger partial charge in [-0.3, -0.25) is 4.79 Å². The lowest BCUT2D eigenvalue weighted by atomic mass is 9.83. The molecular formula is C32H35N5O4. The number of amides is 1. The molecule has 0 bridgehead atoms. The molecule has 0 saturated carbocycles. The zero-order valence-corrected chi connectivity index (χ0v) is 23.0. The van der Waals surface area contributed by atoms with E-state index in [1.54, 1.807) is 36.4 Å². The van der Waals surface area contributed by atoms with E-state index in [0.29, 0.717) is 48.0 Å². The van der Waals surface area contributed by atoms with Crippen LogP contribution in [0.3, 0.4) is 0 Å². The first-order valence-electron chi connectivity index (χ1n) is 13.8. The molecule has 4 rings (SSSR count). The Kier molecular flexibility index (Phi) is 10.5. The van der Waals surface area contributed by atoms with Crippen molar-refractivity contribution in [2.24, 2.45) is 10.1 Å². The number of ether oxygens (including phenoxy) is 2. The van der Waals surface area contributed by atoms with Crippen LogP contribution in [0.25, 0.3) is 10.4 Å². The summed E-state index contributed by atoms with van der Waals surface area (Å²) >= 11 is 0. The smallest absolute Gasteiger partial charge is 0.252 e. The topological polar surface area (TPSA) is 129 Å². The molecule has 9 nitrogen and oxygen atoms in total. The van der Waals surface area contributed by atoms with Gasteiger partial charge in [0.05, 0.1) is 6.61 Å². The van der Waals surface area contributed by atoms with Crippen LogP contribution >= 0.6 is 0 Å². The van der Waals surface area contributed by atoms with Crippen molar-refractivity contribution >= 4 is 17.5 Å². The first-order valence-corrected chi connectivity index (χ1v) is 13.8. The van der Waals surface area contributed by atoms with Gasteiger partial charge in [0.1, 0.15) is 5.75 Å². The predicted octanol–water partition coefficient (Wildman–Crippen LogP) is 6.36. The standard InChI is InChI=1S/C32H35N5O4/c1-2-20-32(31(39)34-21-9-8-13-24-11-4-3-5-12-24)29(27-14-6-7-15-28(27)36-37-33)41-30(35-32)25-16-18-26(19-17-25)40-23-10-22-38/h2-7,11-12,14-19,29,38H,1,8-10,13,20-23H2,(H,34,39)/t29-,32-/m1/s1. The van der Waals surface area contributed by atoms with Crippen molar-refractivity contribution in [3.63, 3.8) is 0 Å². The third-order valence-corrected chi connectivity index (χ3v) is 6.88. The maximum Gasteiger partial charge on any atom is 0.252 e. The van der Waals surface area contributed by atoms with E-state index in [1.165, 1.54) is 5.56 Å². The van der Waals surface area contributed by atoms with E-state index in [9.17, 15) is 10.3 Å². The van der Waals surface area contributed by atoms with Crippen molar-refractivity contribution in [2.45, 2.75) is 43.7 Å². The van der Waals surface area contributed by atoms with E-state index in [-0.39, 0.29) is 18.9 Å². The Balaban J connectivity index is 1.59. The number of benzene rings is 3. The first kappa shape index (κ1) is 29.4. The predicted molar refractivity (Wildman–Crippen MR) is 159 cm³/mol. The number of hydrogen-bond acceptors (Lipinski definition) is 6. The summed E-state index contributed by atoms with van der Waals surface area (Å²) in [7, 11) is 0. The molecule has 0 fully saturated rings. The van der Waals surface area contributed by atoms with Gasteiger partial charge in [-0.05, 0) is 54.6 Å². The van der Waals surface area contributed by atoms with Gasteiger partial charge in [-0.15, -0.1) is 6.58 Å². The summed E-state index contributed by atoms with van der Waals surface area (Å²) in [4.78, 5) is 21.8. The molecule has 0 unspecified atom stereocenters. The normalized spacial score (nSPS) is 17.6. The second-order valence-electron chi connectivity index (χ2n) is 9.73. The molecule has 3 aromatic carbocycles. The number of carbonyl (C=O) groups is 1. The van der Waals surface area contributed by atoms with Crippen LogP contribution < -0.4 is 10.1 Å². The number of carbonyl (C=O) groups excluding carboxylic acids is 1. The van der Waals surface area contributed by atoms with Crippen LogP contribution in [-0.4, -0.2) is 42.2 Å². The molecule has 0 spiro atoms. The van der Waals surface area contributed by atoms with Crippen LogP contribution in [0, 0.1) is 0 Å². The average molecular weight is 554 g/mol. The van der Waals surface area contributed by atoms with Gasteiger partial charge in [0.25, 0.3) is 5.91 Å². The zero-order valence-electron chi connectivity index (χ0n) is 23.0. The number of nitrogens with zero attached hydrogens (tertiary/aromatic N) is 4. The molecule has 41 heavy (non-hydrogen) atoms. The molecule has 9 heteroatoms. The van der Waals surface area contributed by atoms with Gasteiger partial charge in [0.2, 0.25) is 5.90 Å². The van der Waals surface area contributed by atoms with Gasteiger partial charge < -0.3 is 19.9 Å². The number of aliphatic hydroxyl groups excluding tert-OH is 1. The van der Waals surface area contributed by atoms with Gasteiger partial charge in [0, 0.05) is 47.7 Å². The Bertz CT molecular complexity index is 1390. The Morgan fingerprint density at radius 1 is 1.10 bits per heavy atom. The molecule has 212 valence electrons. The van der Waals surface area contributed by atoms with Crippen LogP contribution in [-0.2, 0) is 16.0 Å². The minimum Gasteiger partial charge on any atom is -0.494 e. The summed E-state index contributed by atoms with van der Waals surface area (Å²) in [5.41, 5.74) is 10.7. The van der Waals surface area contributed by atoms with E-state index in [1.807, 2.05) is 36.4 Å². The minimum atomic E-state index is -1.35. The summed E-state index contributed by atoms with van der Waals surface area (Å²) in [6, 6.07) is 24.5. The molecule has 1 amide bonds. The van der Waals surface area contributed by atoms with Crippen molar-refractivity contribution in [3.05, 3.63) is 119 Å². The first-order chi connectivity index (χ1) is 20.1. The second-order valence-corrected chi connectivity index (χ2v) is 9.73. The number of unbranched alkanes of at least 4 members (excludes halogenated alkanes) is 1. The lowest BCUT2D eigenvalue weighted by molar-refractivity contribution is -0.128. The minimum absolute atomic E-state index is 0.0575. The highest BCUT2D eigenvalue weighted by Crippen LogP contribution is 2.45. The maximum atomic E-state index is 13.9. The number of azide groups is 1. The largest absolute Gasteiger partial charge is 0.494 e. The van der Waals surface area contributed by atoms with Crippen LogP contribution in [0.15, 0.2) is 102 Å². The molecule has 1 heterocycles. The molecule has 1 aliphatic rings. The zero-order chi connectivity index (χ0) is 28.9. The van der Waals surface area contributed by atoms with Crippen molar-refractivity contribution < 1.29 is 19.4 Å². The Labute approximate surface area is 240 Å². The maximum absolute atomic E-state index is 13.9. The SMILES string of the molecule is C=CC[C@@]1(C(=O)NCCCCc2ccccc2)N=C(c2ccc(OCCCO)cc2)O[C@@H]1c1ccccc1N=[N+]=[N-]. The van der Waals surface area contributed by atoms with Crippen molar-refractivity contribution in [1.82, 2.24) is 5.32 Å². The van der Waals surface area contributed by atoms with Gasteiger partial charge in [-0.25, -0.2) is 4.99 Å². The number of aliphatic imine (C=N–C) groups is 1. The number of nitrogens with one attached hydrogen (secondary N) is 1. The van der Waals surface area contributed by atoms with Crippen molar-refractivity contribution in [2.75, 3.05) is 19.8 Å². The summed E-state index contributed by atoms with van der Waals surface area (Å²) in [6.45, 7) is 4.85. The fourth-order valence-electron chi connectivity index (χ4n) is 4.81. The van der Waals surface area contributed by atoms with E-state index < -0.39 is 11.6 Å². The third kappa shape index (κ3) is 7.33. The number of hydrogen-bond donors (Lipinski definition) is 2. The van der Waals surface area contributed by atoms with Crippen LogP contribution in [0.1, 0.15) is 48.5 Å². The van der Waals surface area contributed by atoms with Crippen LogP contribution in [0.2, 0.25) is 0 Å². The quantitative estimate of drug-likeness (QED) is 0.0745. The molecule has 2 atom stereocenters. The fraction of sp³-hybridized carbons (Fsp3) is 0.312. The van der Waals surface area contributed by atoms with Gasteiger partial charge >= 0.3 is 0 Å². The highest BCUT2D eigenvalue weighted by atomic mass is 16.5. The van der Waals surface area contributed by atoms with Gasteiger partial charge in [-0.2, -0.15) is 0 Å². The third-order valence-electron chi connectivity index (χ3n) is 6.88. The summed E-state index contributed by atoms with van der Waals surface area (Å²) in [5, 5.41) is 15.9. The fourth-order valence-corrected chi connectivity index (χ4v) is 4.81. The summed E-state index contributed by atoms with van der Waals surface area (Å²) < 4.78 is 12.1. The lowest BCUT2D eigenvalue weighted by Crippen LogP contribution is -2.48. The summed E-state index contributed by atoms with van der Waals surface area (Å²) in [5.74, 6) is 0.669. The average Bonchev–Trinajstić information content (AvgIpc) is 3.39. The molecule has 2 N–H and O–H groups in total. The highest BCUT2D eigenvalue weighted by Gasteiger charge is 2.52. The van der Waals surface area contributed by atoms with E-state index >= 15 is 0 Å². The molecule has 0 aliphatic carbocycles. The number of aryl methyl sites for hydroxylation is 1. The van der Waals surface area contributed by atoms with Crippen molar-refractivity contribution in [3.8, 4) is 5.75 Å². The van der Waals surface area contributed by atoms with E-state index in [2.05, 4.69) is 34.1 Å². The highest BCUT2D eigenvalue weighted by molar-refractivity contribution is 6.01. The molecule has 0 aromatic heterocycles. The van der Waals surface area contributed by atoms with Gasteiger partial charge in [-0.1, -0.05) is 65.8 Å². The van der Waals surface area contributed by atoms with E-state index in [4.69, 9.17) is 19.6 Å². The monoisotopic (exact) mass is 553 g/mol. The molecule has 0 saturated heterocycles. The van der Waals surface area contributed by atoms with Crippen molar-refractivity contribution in [1.29, 1.82) is 0 Å². The Morgan fingerprint density at radius 3 is 2.59 bits per heavy atom. The molecule has 3 aromatic rings. The van der Waals surface area contributed by atoms with E-state index in [0.717, 1.165) is 19.3 Å². The van der Waals surface area contributed by atoms with Gasteiger partial charge in [0.15, 0.2) is 11.6 Å². The second kappa shape index (κ2) is 14.7. The molecular weight excluding hydrogens is 518 g/mol. The lowest BCUT2D eigenvalue weighted by Gasteiger charge is -2.30. The Morgan fingerprint density at radius 2 is 1.85 bits per heavy atom. The number of rotatable bonds is 15. The Hall–Kier alpha value is -4.59.